The van der Waals surface area contributed by atoms with Crippen LogP contribution in [0.5, 0.6) is 0 Å². The van der Waals surface area contributed by atoms with Gasteiger partial charge in [0.25, 0.3) is 0 Å². The van der Waals surface area contributed by atoms with Gasteiger partial charge in [0.05, 0.1) is 11.7 Å². The van der Waals surface area contributed by atoms with Gasteiger partial charge in [0.2, 0.25) is 0 Å². The molecule has 0 amide bonds. The summed E-state index contributed by atoms with van der Waals surface area (Å²) in [5.74, 6) is 0.716. The van der Waals surface area contributed by atoms with E-state index in [0.29, 0.717) is 5.92 Å². The maximum Gasteiger partial charge on any atom is 0.0644 e. The molecule has 0 rings (SSSR count). The van der Waals surface area contributed by atoms with E-state index < -0.39 is 5.60 Å². The second-order valence-corrected chi connectivity index (χ2v) is 5.74. The van der Waals surface area contributed by atoms with Crippen molar-refractivity contribution in [3.05, 3.63) is 0 Å². The number of hydrogen-bond donors (Lipinski definition) is 2. The molecule has 3 heteroatoms. The van der Waals surface area contributed by atoms with E-state index in [-0.39, 0.29) is 6.10 Å². The van der Waals surface area contributed by atoms with Crippen LogP contribution in [-0.4, -0.2) is 37.5 Å². The molecule has 0 fully saturated rings. The molecule has 0 aliphatic carbocycles. The van der Waals surface area contributed by atoms with Gasteiger partial charge in [-0.05, 0) is 39.3 Å². The van der Waals surface area contributed by atoms with Crippen molar-refractivity contribution < 1.29 is 9.84 Å². The van der Waals surface area contributed by atoms with Crippen molar-refractivity contribution in [3.63, 3.8) is 0 Å². The third kappa shape index (κ3) is 9.57. The summed E-state index contributed by atoms with van der Waals surface area (Å²) in [4.78, 5) is 0. The lowest BCUT2D eigenvalue weighted by molar-refractivity contribution is -0.0220. The highest BCUT2D eigenvalue weighted by Crippen LogP contribution is 2.23. The number of hydrogen-bond acceptors (Lipinski definition) is 3. The molecule has 104 valence electrons. The Morgan fingerprint density at radius 3 is 2.41 bits per heavy atom. The predicted octanol–water partition coefficient (Wildman–Crippen LogP) is 2.58. The molecular weight excluding hydrogens is 214 g/mol. The summed E-state index contributed by atoms with van der Waals surface area (Å²) in [5, 5.41) is 13.4. The molecule has 2 unspecified atom stereocenters. The molecule has 3 nitrogen and oxygen atoms in total. The molecule has 0 saturated heterocycles. The van der Waals surface area contributed by atoms with Crippen molar-refractivity contribution in [2.24, 2.45) is 5.92 Å². The third-order valence-corrected chi connectivity index (χ3v) is 3.21. The summed E-state index contributed by atoms with van der Waals surface area (Å²) in [6, 6.07) is 0. The highest BCUT2D eigenvalue weighted by atomic mass is 16.5. The van der Waals surface area contributed by atoms with Crippen molar-refractivity contribution in [1.29, 1.82) is 0 Å². The topological polar surface area (TPSA) is 41.5 Å². The summed E-state index contributed by atoms with van der Waals surface area (Å²) < 4.78 is 5.42. The molecular formula is C14H31NO2. The summed E-state index contributed by atoms with van der Waals surface area (Å²) in [5.41, 5.74) is -0.594. The Hall–Kier alpha value is -0.120. The summed E-state index contributed by atoms with van der Waals surface area (Å²) in [6.45, 7) is 7.30. The van der Waals surface area contributed by atoms with Gasteiger partial charge in [0, 0.05) is 13.5 Å². The van der Waals surface area contributed by atoms with Gasteiger partial charge in [-0.1, -0.05) is 26.7 Å². The summed E-state index contributed by atoms with van der Waals surface area (Å²) in [7, 11) is 3.66. The average Bonchev–Trinajstić information content (AvgIpc) is 2.23. The van der Waals surface area contributed by atoms with Crippen molar-refractivity contribution in [3.8, 4) is 0 Å². The molecule has 2 N–H and O–H groups in total. The molecule has 0 spiro atoms. The van der Waals surface area contributed by atoms with E-state index in [2.05, 4.69) is 19.2 Å². The van der Waals surface area contributed by atoms with Crippen LogP contribution in [0.15, 0.2) is 0 Å². The highest BCUT2D eigenvalue weighted by Gasteiger charge is 2.24. The van der Waals surface area contributed by atoms with Crippen molar-refractivity contribution >= 4 is 0 Å². The van der Waals surface area contributed by atoms with Crippen LogP contribution in [0.1, 0.15) is 52.9 Å². The second kappa shape index (κ2) is 8.90. The maximum atomic E-state index is 10.3. The molecule has 0 saturated carbocycles. The minimum atomic E-state index is -0.594. The van der Waals surface area contributed by atoms with Gasteiger partial charge in [-0.3, -0.25) is 0 Å². The largest absolute Gasteiger partial charge is 0.390 e. The molecule has 0 aromatic heterocycles. The van der Waals surface area contributed by atoms with Gasteiger partial charge in [0.15, 0.2) is 0 Å². The summed E-state index contributed by atoms with van der Waals surface area (Å²) in [6.07, 6.45) is 4.97. The Bertz CT molecular complexity index is 181. The SMILES string of the molecule is CNCCC(CC(C)(O)CCCC(C)C)OC. The Balaban J connectivity index is 3.93. The quantitative estimate of drug-likeness (QED) is 0.621. The Morgan fingerprint density at radius 1 is 1.29 bits per heavy atom. The molecule has 0 aliphatic rings. The van der Waals surface area contributed by atoms with Gasteiger partial charge < -0.3 is 15.2 Å². The zero-order chi connectivity index (χ0) is 13.3. The van der Waals surface area contributed by atoms with Crippen LogP contribution in [0.25, 0.3) is 0 Å². The van der Waals surface area contributed by atoms with Crippen LogP contribution in [0.4, 0.5) is 0 Å². The van der Waals surface area contributed by atoms with Crippen molar-refractivity contribution in [2.75, 3.05) is 20.7 Å². The van der Waals surface area contributed by atoms with E-state index in [1.165, 1.54) is 6.42 Å². The van der Waals surface area contributed by atoms with E-state index in [9.17, 15) is 5.11 Å². The van der Waals surface area contributed by atoms with Crippen LogP contribution < -0.4 is 5.32 Å². The maximum absolute atomic E-state index is 10.3. The Labute approximate surface area is 107 Å². The minimum Gasteiger partial charge on any atom is -0.390 e. The number of methoxy groups -OCH3 is 1. The van der Waals surface area contributed by atoms with Gasteiger partial charge in [-0.2, -0.15) is 0 Å². The lowest BCUT2D eigenvalue weighted by atomic mass is 9.90. The molecule has 0 aromatic rings. The lowest BCUT2D eigenvalue weighted by Gasteiger charge is -2.28. The van der Waals surface area contributed by atoms with Gasteiger partial charge >= 0.3 is 0 Å². The van der Waals surface area contributed by atoms with Crippen LogP contribution in [0, 0.1) is 5.92 Å². The molecule has 0 heterocycles. The fourth-order valence-corrected chi connectivity index (χ4v) is 2.09. The van der Waals surface area contributed by atoms with Crippen molar-refractivity contribution in [2.45, 2.75) is 64.6 Å². The van der Waals surface area contributed by atoms with Crippen LogP contribution in [-0.2, 0) is 4.74 Å². The first-order valence-electron chi connectivity index (χ1n) is 6.81. The van der Waals surface area contributed by atoms with E-state index >= 15 is 0 Å². The second-order valence-electron chi connectivity index (χ2n) is 5.74. The molecule has 17 heavy (non-hydrogen) atoms. The molecule has 2 atom stereocenters. The fraction of sp³-hybridized carbons (Fsp3) is 1.00. The lowest BCUT2D eigenvalue weighted by Crippen LogP contribution is -2.32. The van der Waals surface area contributed by atoms with Crippen LogP contribution >= 0.6 is 0 Å². The van der Waals surface area contributed by atoms with Gasteiger partial charge in [-0.25, -0.2) is 0 Å². The molecule has 0 radical (unpaired) electrons. The molecule has 0 aromatic carbocycles. The van der Waals surface area contributed by atoms with Gasteiger partial charge in [-0.15, -0.1) is 0 Å². The van der Waals surface area contributed by atoms with Crippen LogP contribution in [0.3, 0.4) is 0 Å². The van der Waals surface area contributed by atoms with E-state index in [1.807, 2.05) is 14.0 Å². The molecule has 0 bridgehead atoms. The number of rotatable bonds is 10. The zero-order valence-corrected chi connectivity index (χ0v) is 12.3. The summed E-state index contributed by atoms with van der Waals surface area (Å²) >= 11 is 0. The number of ether oxygens (including phenoxy) is 1. The first-order valence-corrected chi connectivity index (χ1v) is 6.81. The predicted molar refractivity (Wildman–Crippen MR) is 73.3 cm³/mol. The van der Waals surface area contributed by atoms with E-state index in [0.717, 1.165) is 32.2 Å². The van der Waals surface area contributed by atoms with Crippen molar-refractivity contribution in [1.82, 2.24) is 5.32 Å². The first kappa shape index (κ1) is 16.9. The smallest absolute Gasteiger partial charge is 0.0644 e. The third-order valence-electron chi connectivity index (χ3n) is 3.21. The first-order chi connectivity index (χ1) is 7.91. The Morgan fingerprint density at radius 2 is 1.94 bits per heavy atom. The van der Waals surface area contributed by atoms with E-state index in [4.69, 9.17) is 4.74 Å². The molecule has 0 aliphatic heterocycles. The zero-order valence-electron chi connectivity index (χ0n) is 12.3. The van der Waals surface area contributed by atoms with Crippen LogP contribution in [0.2, 0.25) is 0 Å². The number of nitrogens with one attached hydrogen (secondary N) is 1. The fourth-order valence-electron chi connectivity index (χ4n) is 2.09. The number of aliphatic hydroxyl groups is 1. The average molecular weight is 245 g/mol. The normalized spacial score (nSPS) is 17.1. The minimum absolute atomic E-state index is 0.150. The monoisotopic (exact) mass is 245 g/mol. The Kier molecular flexibility index (Phi) is 8.83. The standard InChI is InChI=1S/C14H31NO2/c1-12(2)7-6-9-14(3,16)11-13(17-5)8-10-15-4/h12-13,15-16H,6-11H2,1-5H3. The highest BCUT2D eigenvalue weighted by molar-refractivity contribution is 4.78. The van der Waals surface area contributed by atoms with E-state index in [1.54, 1.807) is 7.11 Å². The van der Waals surface area contributed by atoms with Gasteiger partial charge in [0.1, 0.15) is 0 Å².